The number of esters is 1. The van der Waals surface area contributed by atoms with Gasteiger partial charge in [-0.3, -0.25) is 4.79 Å². The van der Waals surface area contributed by atoms with E-state index in [4.69, 9.17) is 9.47 Å². The van der Waals surface area contributed by atoms with Gasteiger partial charge in [0, 0.05) is 13.1 Å². The summed E-state index contributed by atoms with van der Waals surface area (Å²) in [5, 5.41) is 0. The molecule has 116 valence electrons. The second-order valence-electron chi connectivity index (χ2n) is 6.14. The fraction of sp³-hybridized carbons (Fsp3) is 0.857. The predicted molar refractivity (Wildman–Crippen MR) is 72.1 cm³/mol. The van der Waals surface area contributed by atoms with E-state index in [1.54, 1.807) is 27.7 Å². The molecule has 0 N–H and O–H groups in total. The van der Waals surface area contributed by atoms with Crippen LogP contribution in [0.5, 0.6) is 0 Å². The van der Waals surface area contributed by atoms with Crippen molar-refractivity contribution in [2.45, 2.75) is 46.1 Å². The van der Waals surface area contributed by atoms with Crippen molar-refractivity contribution in [3.63, 3.8) is 0 Å². The number of ether oxygens (including phenoxy) is 2. The molecule has 0 bridgehead atoms. The molecule has 1 aliphatic rings. The fourth-order valence-corrected chi connectivity index (χ4v) is 2.23. The first kappa shape index (κ1) is 16.7. The second-order valence-corrected chi connectivity index (χ2v) is 6.14. The van der Waals surface area contributed by atoms with Crippen molar-refractivity contribution in [3.8, 4) is 0 Å². The van der Waals surface area contributed by atoms with Gasteiger partial charge in [-0.25, -0.2) is 9.18 Å². The van der Waals surface area contributed by atoms with Gasteiger partial charge < -0.3 is 14.4 Å². The standard InChI is InChI=1S/C14H24FNO4/c1-5-19-11(17)14(9-15)7-6-8-16(10-14)12(18)20-13(2,3)4/h5-10H2,1-4H3. The van der Waals surface area contributed by atoms with Gasteiger partial charge in [-0.15, -0.1) is 0 Å². The monoisotopic (exact) mass is 289 g/mol. The van der Waals surface area contributed by atoms with E-state index in [-0.39, 0.29) is 13.2 Å². The van der Waals surface area contributed by atoms with Crippen LogP contribution in [-0.2, 0) is 14.3 Å². The molecule has 1 atom stereocenters. The summed E-state index contributed by atoms with van der Waals surface area (Å²) in [6.45, 7) is 6.83. The lowest BCUT2D eigenvalue weighted by atomic mass is 9.81. The Bertz CT molecular complexity index is 367. The summed E-state index contributed by atoms with van der Waals surface area (Å²) >= 11 is 0. The van der Waals surface area contributed by atoms with E-state index in [2.05, 4.69) is 0 Å². The number of amides is 1. The topological polar surface area (TPSA) is 55.8 Å². The van der Waals surface area contributed by atoms with Crippen LogP contribution in [0, 0.1) is 5.41 Å². The number of piperidine rings is 1. The lowest BCUT2D eigenvalue weighted by molar-refractivity contribution is -0.160. The Hall–Kier alpha value is -1.33. The van der Waals surface area contributed by atoms with Crippen LogP contribution in [0.2, 0.25) is 0 Å². The molecule has 1 heterocycles. The Morgan fingerprint density at radius 3 is 2.50 bits per heavy atom. The maximum absolute atomic E-state index is 13.4. The van der Waals surface area contributed by atoms with Gasteiger partial charge in [-0.2, -0.15) is 0 Å². The summed E-state index contributed by atoms with van der Waals surface area (Å²) in [4.78, 5) is 25.4. The van der Waals surface area contributed by atoms with Crippen LogP contribution in [0.4, 0.5) is 9.18 Å². The SMILES string of the molecule is CCOC(=O)C1(CF)CCCN(C(=O)OC(C)(C)C)C1. The Morgan fingerprint density at radius 2 is 2.00 bits per heavy atom. The van der Waals surface area contributed by atoms with E-state index < -0.39 is 29.8 Å². The second kappa shape index (κ2) is 6.41. The van der Waals surface area contributed by atoms with Crippen LogP contribution in [0.1, 0.15) is 40.5 Å². The summed E-state index contributed by atoms with van der Waals surface area (Å²) < 4.78 is 23.6. The molecule has 20 heavy (non-hydrogen) atoms. The predicted octanol–water partition coefficient (Wildman–Crippen LogP) is 2.54. The highest BCUT2D eigenvalue weighted by Gasteiger charge is 2.45. The number of alkyl halides is 1. The lowest BCUT2D eigenvalue weighted by Gasteiger charge is -2.39. The van der Waals surface area contributed by atoms with Crippen LogP contribution in [-0.4, -0.2) is 48.9 Å². The first-order valence-corrected chi connectivity index (χ1v) is 6.95. The zero-order valence-electron chi connectivity index (χ0n) is 12.7. The van der Waals surface area contributed by atoms with Gasteiger partial charge in [0.25, 0.3) is 0 Å². The van der Waals surface area contributed by atoms with E-state index in [0.717, 1.165) is 0 Å². The first-order chi connectivity index (χ1) is 9.24. The summed E-state index contributed by atoms with van der Waals surface area (Å²) in [6, 6.07) is 0. The first-order valence-electron chi connectivity index (χ1n) is 6.95. The molecule has 0 spiro atoms. The molecule has 1 fully saturated rings. The Kier molecular flexibility index (Phi) is 5.36. The molecule has 0 aromatic heterocycles. The van der Waals surface area contributed by atoms with Crippen molar-refractivity contribution in [1.29, 1.82) is 0 Å². The third-order valence-electron chi connectivity index (χ3n) is 3.19. The van der Waals surface area contributed by atoms with Gasteiger partial charge in [0.05, 0.1) is 6.61 Å². The maximum atomic E-state index is 13.4. The smallest absolute Gasteiger partial charge is 0.410 e. The van der Waals surface area contributed by atoms with Gasteiger partial charge in [0.15, 0.2) is 0 Å². The van der Waals surface area contributed by atoms with Crippen LogP contribution < -0.4 is 0 Å². The molecule has 1 saturated heterocycles. The van der Waals surface area contributed by atoms with Crippen molar-refractivity contribution in [2.24, 2.45) is 5.41 Å². The average molecular weight is 289 g/mol. The molecule has 0 aromatic carbocycles. The van der Waals surface area contributed by atoms with Gasteiger partial charge in [-0.1, -0.05) is 0 Å². The third kappa shape index (κ3) is 4.08. The number of likely N-dealkylation sites (tertiary alicyclic amines) is 1. The van der Waals surface area contributed by atoms with Crippen molar-refractivity contribution >= 4 is 12.1 Å². The molecular formula is C14H24FNO4. The van der Waals surface area contributed by atoms with Crippen molar-refractivity contribution in [3.05, 3.63) is 0 Å². The van der Waals surface area contributed by atoms with Crippen molar-refractivity contribution in [1.82, 2.24) is 4.90 Å². The van der Waals surface area contributed by atoms with Crippen LogP contribution in [0.15, 0.2) is 0 Å². The highest BCUT2D eigenvalue weighted by Crippen LogP contribution is 2.32. The molecule has 1 unspecified atom stereocenters. The van der Waals surface area contributed by atoms with Crippen molar-refractivity contribution in [2.75, 3.05) is 26.4 Å². The number of rotatable bonds is 3. The van der Waals surface area contributed by atoms with E-state index in [1.807, 2.05) is 0 Å². The number of halogens is 1. The number of carbonyl (C=O) groups excluding carboxylic acids is 2. The van der Waals surface area contributed by atoms with Gasteiger partial charge in [0.2, 0.25) is 0 Å². The van der Waals surface area contributed by atoms with E-state index in [1.165, 1.54) is 4.90 Å². The summed E-state index contributed by atoms with van der Waals surface area (Å²) in [5.74, 6) is -0.573. The Balaban J connectivity index is 2.78. The minimum absolute atomic E-state index is 0.0112. The molecule has 0 aromatic rings. The normalized spacial score (nSPS) is 23.4. The Morgan fingerprint density at radius 1 is 1.35 bits per heavy atom. The summed E-state index contributed by atoms with van der Waals surface area (Å²) in [7, 11) is 0. The molecule has 5 nitrogen and oxygen atoms in total. The largest absolute Gasteiger partial charge is 0.465 e. The van der Waals surface area contributed by atoms with Crippen LogP contribution in [0.3, 0.4) is 0 Å². The van der Waals surface area contributed by atoms with E-state index in [0.29, 0.717) is 19.4 Å². The number of nitrogens with zero attached hydrogens (tertiary/aromatic N) is 1. The molecular weight excluding hydrogens is 265 g/mol. The molecule has 1 amide bonds. The number of carbonyl (C=O) groups is 2. The molecule has 1 rings (SSSR count). The number of hydrogen-bond donors (Lipinski definition) is 0. The minimum atomic E-state index is -1.24. The van der Waals surface area contributed by atoms with Crippen LogP contribution in [0.25, 0.3) is 0 Å². The molecule has 0 saturated carbocycles. The summed E-state index contributed by atoms with van der Waals surface area (Å²) in [5.41, 5.74) is -1.86. The molecule has 1 aliphatic heterocycles. The highest BCUT2D eigenvalue weighted by molar-refractivity contribution is 5.79. The van der Waals surface area contributed by atoms with Gasteiger partial charge in [-0.05, 0) is 40.5 Å². The molecule has 0 aliphatic carbocycles. The quantitative estimate of drug-likeness (QED) is 0.749. The molecule has 0 radical (unpaired) electrons. The van der Waals surface area contributed by atoms with Gasteiger partial charge in [0.1, 0.15) is 17.7 Å². The van der Waals surface area contributed by atoms with Gasteiger partial charge >= 0.3 is 12.1 Å². The zero-order chi connectivity index (χ0) is 15.4. The van der Waals surface area contributed by atoms with E-state index >= 15 is 0 Å². The average Bonchev–Trinajstić information content (AvgIpc) is 2.37. The fourth-order valence-electron chi connectivity index (χ4n) is 2.23. The summed E-state index contributed by atoms with van der Waals surface area (Å²) in [6.07, 6.45) is 0.434. The Labute approximate surface area is 119 Å². The third-order valence-corrected chi connectivity index (χ3v) is 3.19. The highest BCUT2D eigenvalue weighted by atomic mass is 19.1. The van der Waals surface area contributed by atoms with Crippen LogP contribution >= 0.6 is 0 Å². The van der Waals surface area contributed by atoms with Crippen molar-refractivity contribution < 1.29 is 23.5 Å². The zero-order valence-corrected chi connectivity index (χ0v) is 12.7. The van der Waals surface area contributed by atoms with E-state index in [9.17, 15) is 14.0 Å². The number of hydrogen-bond acceptors (Lipinski definition) is 4. The maximum Gasteiger partial charge on any atom is 0.410 e. The molecule has 6 heteroatoms. The lowest BCUT2D eigenvalue weighted by Crippen LogP contribution is -2.52. The minimum Gasteiger partial charge on any atom is -0.465 e.